The first-order valence-electron chi connectivity index (χ1n) is 6.01. The smallest absolute Gasteiger partial charge is 0.273 e. The van der Waals surface area contributed by atoms with E-state index in [2.05, 4.69) is 15.5 Å². The lowest BCUT2D eigenvalue weighted by Crippen LogP contribution is -2.26. The Balaban J connectivity index is 1.86. The number of hydrogen-bond donors (Lipinski definition) is 3. The van der Waals surface area contributed by atoms with E-state index in [1.165, 1.54) is 0 Å². The molecular formula is C11H18N4O2S. The molecule has 0 aliphatic heterocycles. The van der Waals surface area contributed by atoms with E-state index in [1.807, 2.05) is 0 Å². The molecule has 18 heavy (non-hydrogen) atoms. The van der Waals surface area contributed by atoms with Gasteiger partial charge in [-0.15, -0.1) is 0 Å². The van der Waals surface area contributed by atoms with E-state index in [0.29, 0.717) is 30.3 Å². The van der Waals surface area contributed by atoms with E-state index in [4.69, 9.17) is 5.73 Å². The minimum Gasteiger partial charge on any atom is -0.395 e. The summed E-state index contributed by atoms with van der Waals surface area (Å²) >= 11 is 0. The van der Waals surface area contributed by atoms with Crippen LogP contribution in [0.2, 0.25) is 0 Å². The summed E-state index contributed by atoms with van der Waals surface area (Å²) < 4.78 is 10.9. The number of H-pyrrole nitrogens is 1. The summed E-state index contributed by atoms with van der Waals surface area (Å²) in [6, 6.07) is 0. The molecule has 100 valence electrons. The molecule has 7 heteroatoms. The molecule has 6 nitrogen and oxygen atoms in total. The molecule has 0 saturated heterocycles. The maximum atomic E-state index is 11.8. The highest BCUT2D eigenvalue weighted by molar-refractivity contribution is 7.84. The van der Waals surface area contributed by atoms with Crippen molar-refractivity contribution in [1.29, 1.82) is 0 Å². The van der Waals surface area contributed by atoms with Crippen LogP contribution in [0, 0.1) is 0 Å². The fourth-order valence-corrected chi connectivity index (χ4v) is 2.33. The van der Waals surface area contributed by atoms with Gasteiger partial charge in [0.05, 0.1) is 11.4 Å². The molecule has 1 saturated carbocycles. The standard InChI is InChI=1S/C11H18N4O2S/c1-18(17)6-2-5-13-11(16)10-8(12)9(14-15-10)7-3-4-7/h7H,2-6,12H2,1H3,(H,13,16)(H,14,15). The van der Waals surface area contributed by atoms with E-state index in [1.54, 1.807) is 6.26 Å². The number of carbonyl (C=O) groups is 1. The minimum absolute atomic E-state index is 0.266. The molecular weight excluding hydrogens is 252 g/mol. The molecule has 0 spiro atoms. The van der Waals surface area contributed by atoms with Gasteiger partial charge in [0, 0.05) is 35.3 Å². The first-order chi connectivity index (χ1) is 8.59. The summed E-state index contributed by atoms with van der Waals surface area (Å²) in [5.41, 5.74) is 7.52. The molecule has 1 heterocycles. The number of rotatable bonds is 6. The Kier molecular flexibility index (Phi) is 4.00. The Bertz CT molecular complexity index is 468. The number of carbonyl (C=O) groups excluding carboxylic acids is 1. The molecule has 1 amide bonds. The Labute approximate surface area is 108 Å². The van der Waals surface area contributed by atoms with Gasteiger partial charge < -0.3 is 11.1 Å². The number of amides is 1. The van der Waals surface area contributed by atoms with E-state index in [0.717, 1.165) is 18.5 Å². The normalized spacial score (nSPS) is 16.5. The Morgan fingerprint density at radius 2 is 2.33 bits per heavy atom. The number of nitrogen functional groups attached to an aromatic ring is 1. The minimum atomic E-state index is -0.821. The summed E-state index contributed by atoms with van der Waals surface area (Å²) in [6.45, 7) is 0.490. The van der Waals surface area contributed by atoms with Crippen LogP contribution in [0.3, 0.4) is 0 Å². The summed E-state index contributed by atoms with van der Waals surface area (Å²) in [7, 11) is -0.821. The van der Waals surface area contributed by atoms with Gasteiger partial charge in [-0.25, -0.2) is 0 Å². The number of hydrogen-bond acceptors (Lipinski definition) is 4. The summed E-state index contributed by atoms with van der Waals surface area (Å²) in [5.74, 6) is 0.767. The zero-order valence-electron chi connectivity index (χ0n) is 10.4. The predicted molar refractivity (Wildman–Crippen MR) is 70.9 cm³/mol. The van der Waals surface area contributed by atoms with Crippen LogP contribution >= 0.6 is 0 Å². The lowest BCUT2D eigenvalue weighted by Gasteiger charge is -2.03. The lowest BCUT2D eigenvalue weighted by molar-refractivity contribution is 0.0949. The molecule has 1 aliphatic rings. The third kappa shape index (κ3) is 3.10. The van der Waals surface area contributed by atoms with Gasteiger partial charge in [-0.1, -0.05) is 0 Å². The molecule has 1 fully saturated rings. The van der Waals surface area contributed by atoms with Gasteiger partial charge in [0.25, 0.3) is 5.91 Å². The van der Waals surface area contributed by atoms with Gasteiger partial charge in [0.1, 0.15) is 0 Å². The van der Waals surface area contributed by atoms with E-state index in [-0.39, 0.29) is 11.6 Å². The third-order valence-corrected chi connectivity index (χ3v) is 3.79. The number of anilines is 1. The second-order valence-corrected chi connectivity index (χ2v) is 6.12. The van der Waals surface area contributed by atoms with Crippen molar-refractivity contribution in [2.75, 3.05) is 24.3 Å². The van der Waals surface area contributed by atoms with Gasteiger partial charge >= 0.3 is 0 Å². The average molecular weight is 270 g/mol. The van der Waals surface area contributed by atoms with Crippen LogP contribution in [0.15, 0.2) is 0 Å². The van der Waals surface area contributed by atoms with Gasteiger partial charge in [-0.3, -0.25) is 14.1 Å². The molecule has 1 aromatic rings. The number of nitrogens with zero attached hydrogens (tertiary/aromatic N) is 1. The number of aromatic amines is 1. The Morgan fingerprint density at radius 3 is 2.94 bits per heavy atom. The van der Waals surface area contributed by atoms with Crippen LogP contribution in [-0.4, -0.2) is 38.9 Å². The Morgan fingerprint density at radius 1 is 1.61 bits per heavy atom. The molecule has 2 rings (SSSR count). The summed E-state index contributed by atoms with van der Waals surface area (Å²) in [6.07, 6.45) is 4.55. The van der Waals surface area contributed by atoms with Crippen LogP contribution in [-0.2, 0) is 10.8 Å². The highest BCUT2D eigenvalue weighted by Crippen LogP contribution is 2.42. The molecule has 0 bridgehead atoms. The molecule has 1 aromatic heterocycles. The second kappa shape index (κ2) is 5.51. The first-order valence-corrected chi connectivity index (χ1v) is 7.74. The SMILES string of the molecule is CS(=O)CCCNC(=O)c1n[nH]c(C2CC2)c1N. The van der Waals surface area contributed by atoms with Crippen LogP contribution in [0.4, 0.5) is 5.69 Å². The highest BCUT2D eigenvalue weighted by atomic mass is 32.2. The van der Waals surface area contributed by atoms with Crippen molar-refractivity contribution in [3.63, 3.8) is 0 Å². The maximum Gasteiger partial charge on any atom is 0.273 e. The lowest BCUT2D eigenvalue weighted by atomic mass is 10.2. The topological polar surface area (TPSA) is 101 Å². The Hall–Kier alpha value is -1.37. The van der Waals surface area contributed by atoms with Gasteiger partial charge in [-0.2, -0.15) is 5.10 Å². The molecule has 0 aromatic carbocycles. The van der Waals surface area contributed by atoms with Crippen molar-refractivity contribution in [3.05, 3.63) is 11.4 Å². The summed E-state index contributed by atoms with van der Waals surface area (Å²) in [5, 5.41) is 9.54. The maximum absolute atomic E-state index is 11.8. The average Bonchev–Trinajstić information content (AvgIpc) is 3.08. The predicted octanol–water partition coefficient (Wildman–Crippen LogP) is 0.368. The molecule has 1 unspecified atom stereocenters. The van der Waals surface area contributed by atoms with Crippen molar-refractivity contribution in [1.82, 2.24) is 15.5 Å². The van der Waals surface area contributed by atoms with Crippen LogP contribution in [0.5, 0.6) is 0 Å². The first kappa shape index (κ1) is 13.1. The van der Waals surface area contributed by atoms with Gasteiger partial charge in [0.15, 0.2) is 5.69 Å². The monoisotopic (exact) mass is 270 g/mol. The van der Waals surface area contributed by atoms with Crippen molar-refractivity contribution in [2.24, 2.45) is 0 Å². The van der Waals surface area contributed by atoms with E-state index < -0.39 is 10.8 Å². The number of nitrogens with one attached hydrogen (secondary N) is 2. The third-order valence-electron chi connectivity index (χ3n) is 2.93. The van der Waals surface area contributed by atoms with Gasteiger partial charge in [0.2, 0.25) is 0 Å². The quantitative estimate of drug-likeness (QED) is 0.650. The van der Waals surface area contributed by atoms with Crippen LogP contribution in [0.1, 0.15) is 41.4 Å². The number of aromatic nitrogens is 2. The molecule has 1 aliphatic carbocycles. The van der Waals surface area contributed by atoms with Crippen molar-refractivity contribution >= 4 is 22.4 Å². The van der Waals surface area contributed by atoms with Crippen molar-refractivity contribution in [2.45, 2.75) is 25.2 Å². The van der Waals surface area contributed by atoms with Crippen LogP contribution in [0.25, 0.3) is 0 Å². The van der Waals surface area contributed by atoms with Gasteiger partial charge in [-0.05, 0) is 19.3 Å². The highest BCUT2D eigenvalue weighted by Gasteiger charge is 2.30. The van der Waals surface area contributed by atoms with E-state index >= 15 is 0 Å². The molecule has 0 radical (unpaired) electrons. The zero-order chi connectivity index (χ0) is 13.1. The fraction of sp³-hybridized carbons (Fsp3) is 0.636. The second-order valence-electron chi connectivity index (χ2n) is 4.56. The van der Waals surface area contributed by atoms with Crippen LogP contribution < -0.4 is 11.1 Å². The summed E-state index contributed by atoms with van der Waals surface area (Å²) in [4.78, 5) is 11.8. The number of nitrogens with two attached hydrogens (primary N) is 1. The molecule has 1 atom stereocenters. The largest absolute Gasteiger partial charge is 0.395 e. The molecule has 4 N–H and O–H groups in total. The fourth-order valence-electron chi connectivity index (χ4n) is 1.78. The van der Waals surface area contributed by atoms with Crippen molar-refractivity contribution < 1.29 is 9.00 Å². The van der Waals surface area contributed by atoms with Crippen molar-refractivity contribution in [3.8, 4) is 0 Å². The van der Waals surface area contributed by atoms with E-state index in [9.17, 15) is 9.00 Å². The zero-order valence-corrected chi connectivity index (χ0v) is 11.2.